The Kier molecular flexibility index (Phi) is 5.15. The molecule has 1 amide bonds. The number of carbonyl (C=O) groups excluding carboxylic acids is 1. The van der Waals surface area contributed by atoms with Gasteiger partial charge in [0, 0.05) is 24.5 Å². The summed E-state index contributed by atoms with van der Waals surface area (Å²) in [4.78, 5) is 15.4. The zero-order chi connectivity index (χ0) is 19.0. The van der Waals surface area contributed by atoms with Crippen LogP contribution in [0.1, 0.15) is 52.4 Å². The molecule has 0 unspecified atom stereocenters. The third kappa shape index (κ3) is 3.71. The summed E-state index contributed by atoms with van der Waals surface area (Å²) in [5.74, 6) is 2.43. The molecule has 5 heteroatoms. The van der Waals surface area contributed by atoms with Crippen LogP contribution >= 0.6 is 12.2 Å². The Hall–Kier alpha value is -1.62. The minimum Gasteiger partial charge on any atom is -0.372 e. The number of nitrogens with zero attached hydrogens (tertiary/aromatic N) is 1. The van der Waals surface area contributed by atoms with Gasteiger partial charge in [-0.15, -0.1) is 0 Å². The van der Waals surface area contributed by atoms with Gasteiger partial charge in [0.25, 0.3) is 0 Å². The number of amides is 1. The Morgan fingerprint density at radius 2 is 1.56 bits per heavy atom. The highest BCUT2D eigenvalue weighted by atomic mass is 32.1. The van der Waals surface area contributed by atoms with E-state index in [4.69, 9.17) is 12.2 Å². The molecule has 1 aromatic carbocycles. The first-order valence-electron chi connectivity index (χ1n) is 10.5. The van der Waals surface area contributed by atoms with Crippen LogP contribution in [0.15, 0.2) is 24.3 Å². The molecule has 4 saturated carbocycles. The van der Waals surface area contributed by atoms with Crippen LogP contribution in [0.5, 0.6) is 0 Å². The summed E-state index contributed by atoms with van der Waals surface area (Å²) < 4.78 is 0. The predicted octanol–water partition coefficient (Wildman–Crippen LogP) is 4.56. The van der Waals surface area contributed by atoms with E-state index in [0.29, 0.717) is 5.11 Å². The van der Waals surface area contributed by atoms with Crippen LogP contribution in [0.25, 0.3) is 0 Å². The van der Waals surface area contributed by atoms with Crippen LogP contribution in [0.4, 0.5) is 11.4 Å². The molecule has 4 aliphatic rings. The smallest absolute Gasteiger partial charge is 0.232 e. The number of anilines is 2. The molecule has 1 aromatic rings. The van der Waals surface area contributed by atoms with E-state index in [9.17, 15) is 4.79 Å². The van der Waals surface area contributed by atoms with Gasteiger partial charge in [-0.3, -0.25) is 4.79 Å². The van der Waals surface area contributed by atoms with Crippen molar-refractivity contribution in [2.24, 2.45) is 23.2 Å². The molecule has 0 atom stereocenters. The van der Waals surface area contributed by atoms with Crippen molar-refractivity contribution in [2.45, 2.75) is 52.4 Å². The van der Waals surface area contributed by atoms with E-state index in [-0.39, 0.29) is 11.3 Å². The number of hydrogen-bond acceptors (Lipinski definition) is 3. The molecule has 0 aromatic heterocycles. The summed E-state index contributed by atoms with van der Waals surface area (Å²) in [5, 5.41) is 6.63. The van der Waals surface area contributed by atoms with Gasteiger partial charge in [-0.25, -0.2) is 0 Å². The Bertz CT molecular complexity index is 675. The van der Waals surface area contributed by atoms with Gasteiger partial charge >= 0.3 is 0 Å². The van der Waals surface area contributed by atoms with Crippen molar-refractivity contribution in [3.8, 4) is 0 Å². The standard InChI is InChI=1S/C22H31N3OS/c1-3-25(4-2)19-7-5-18(6-8-19)23-21(27)24-20(26)22-12-15-9-16(13-22)11-17(10-15)14-22/h5-8,15-17H,3-4,9-14H2,1-2H3,(H2,23,24,26,27). The average Bonchev–Trinajstić information content (AvgIpc) is 2.63. The molecule has 2 N–H and O–H groups in total. The summed E-state index contributed by atoms with van der Waals surface area (Å²) in [6.07, 6.45) is 7.21. The van der Waals surface area contributed by atoms with Crippen LogP contribution < -0.4 is 15.5 Å². The normalized spacial score (nSPS) is 30.8. The van der Waals surface area contributed by atoms with Gasteiger partial charge < -0.3 is 15.5 Å². The summed E-state index contributed by atoms with van der Waals surface area (Å²) in [7, 11) is 0. The molecule has 5 rings (SSSR count). The van der Waals surface area contributed by atoms with Crippen LogP contribution in [-0.4, -0.2) is 24.1 Å². The maximum atomic E-state index is 13.1. The first-order chi connectivity index (χ1) is 13.0. The molecule has 4 nitrogen and oxygen atoms in total. The Labute approximate surface area is 168 Å². The molecular weight excluding hydrogens is 354 g/mol. The molecule has 27 heavy (non-hydrogen) atoms. The monoisotopic (exact) mass is 385 g/mol. The lowest BCUT2D eigenvalue weighted by molar-refractivity contribution is -0.144. The second-order valence-corrected chi connectivity index (χ2v) is 9.23. The van der Waals surface area contributed by atoms with Gasteiger partial charge in [0.15, 0.2) is 5.11 Å². The third-order valence-electron chi connectivity index (χ3n) is 7.00. The van der Waals surface area contributed by atoms with Crippen molar-refractivity contribution in [3.63, 3.8) is 0 Å². The van der Waals surface area contributed by atoms with E-state index in [0.717, 1.165) is 55.8 Å². The number of nitrogens with one attached hydrogen (secondary N) is 2. The van der Waals surface area contributed by atoms with E-state index in [1.54, 1.807) is 0 Å². The van der Waals surface area contributed by atoms with E-state index < -0.39 is 0 Å². The lowest BCUT2D eigenvalue weighted by Crippen LogP contribution is -2.55. The first kappa shape index (κ1) is 18.7. The largest absolute Gasteiger partial charge is 0.372 e. The fourth-order valence-corrected chi connectivity index (χ4v) is 6.34. The van der Waals surface area contributed by atoms with Gasteiger partial charge in [0.1, 0.15) is 0 Å². The number of thiocarbonyl (C=S) groups is 1. The Balaban J connectivity index is 1.36. The molecule has 0 radical (unpaired) electrons. The van der Waals surface area contributed by atoms with Gasteiger partial charge in [-0.2, -0.15) is 0 Å². The molecule has 4 fully saturated rings. The highest BCUT2D eigenvalue weighted by Crippen LogP contribution is 2.60. The van der Waals surface area contributed by atoms with Crippen LogP contribution in [-0.2, 0) is 4.79 Å². The molecule has 0 spiro atoms. The van der Waals surface area contributed by atoms with E-state index in [1.807, 2.05) is 12.1 Å². The molecule has 0 saturated heterocycles. The molecule has 0 heterocycles. The van der Waals surface area contributed by atoms with Gasteiger partial charge in [0.2, 0.25) is 5.91 Å². The Morgan fingerprint density at radius 1 is 1.04 bits per heavy atom. The highest BCUT2D eigenvalue weighted by Gasteiger charge is 2.54. The van der Waals surface area contributed by atoms with E-state index >= 15 is 0 Å². The van der Waals surface area contributed by atoms with Crippen LogP contribution in [0, 0.1) is 23.2 Å². The lowest BCUT2D eigenvalue weighted by atomic mass is 9.49. The number of rotatable bonds is 5. The SMILES string of the molecule is CCN(CC)c1ccc(NC(=S)NC(=O)C23CC4CC(CC(C4)C2)C3)cc1. The third-order valence-corrected chi connectivity index (χ3v) is 7.20. The molecule has 146 valence electrons. The quantitative estimate of drug-likeness (QED) is 0.729. The molecule has 4 aliphatic carbocycles. The van der Waals surface area contributed by atoms with E-state index in [1.165, 1.54) is 24.9 Å². The number of hydrogen-bond donors (Lipinski definition) is 2. The van der Waals surface area contributed by atoms with Crippen LogP contribution in [0.2, 0.25) is 0 Å². The first-order valence-corrected chi connectivity index (χ1v) is 10.9. The van der Waals surface area contributed by atoms with Crippen molar-refractivity contribution >= 4 is 34.6 Å². The maximum Gasteiger partial charge on any atom is 0.232 e. The summed E-state index contributed by atoms with van der Waals surface area (Å²) in [6, 6.07) is 8.24. The fourth-order valence-electron chi connectivity index (χ4n) is 6.13. The molecular formula is C22H31N3OS. The van der Waals surface area contributed by atoms with E-state index in [2.05, 4.69) is 41.5 Å². The average molecular weight is 386 g/mol. The predicted molar refractivity (Wildman–Crippen MR) is 115 cm³/mol. The van der Waals surface area contributed by atoms with Crippen molar-refractivity contribution in [2.75, 3.05) is 23.3 Å². The highest BCUT2D eigenvalue weighted by molar-refractivity contribution is 7.80. The van der Waals surface area contributed by atoms with Crippen molar-refractivity contribution in [1.82, 2.24) is 5.32 Å². The lowest BCUT2D eigenvalue weighted by Gasteiger charge is -2.55. The summed E-state index contributed by atoms with van der Waals surface area (Å²) >= 11 is 5.44. The minimum absolute atomic E-state index is 0.152. The van der Waals surface area contributed by atoms with Crippen molar-refractivity contribution in [1.29, 1.82) is 0 Å². The topological polar surface area (TPSA) is 44.4 Å². The fraction of sp³-hybridized carbons (Fsp3) is 0.636. The van der Waals surface area contributed by atoms with Crippen LogP contribution in [0.3, 0.4) is 0 Å². The zero-order valence-electron chi connectivity index (χ0n) is 16.5. The minimum atomic E-state index is -0.160. The van der Waals surface area contributed by atoms with Gasteiger partial charge in [-0.1, -0.05) is 0 Å². The second kappa shape index (κ2) is 7.42. The zero-order valence-corrected chi connectivity index (χ0v) is 17.3. The second-order valence-electron chi connectivity index (χ2n) is 8.83. The van der Waals surface area contributed by atoms with Gasteiger partial charge in [0.05, 0.1) is 5.41 Å². The van der Waals surface area contributed by atoms with Crippen molar-refractivity contribution in [3.05, 3.63) is 24.3 Å². The Morgan fingerprint density at radius 3 is 2.04 bits per heavy atom. The maximum absolute atomic E-state index is 13.1. The molecule has 4 bridgehead atoms. The van der Waals surface area contributed by atoms with Crippen molar-refractivity contribution < 1.29 is 4.79 Å². The molecule has 0 aliphatic heterocycles. The summed E-state index contributed by atoms with van der Waals surface area (Å²) in [5.41, 5.74) is 1.96. The number of benzene rings is 1. The van der Waals surface area contributed by atoms with Gasteiger partial charge in [-0.05, 0) is 107 Å². The number of carbonyl (C=O) groups is 1. The summed E-state index contributed by atoms with van der Waals surface area (Å²) in [6.45, 7) is 6.29.